The normalized spacial score (nSPS) is 10.8. The summed E-state index contributed by atoms with van der Waals surface area (Å²) in [6.45, 7) is 3.85. The molecule has 0 spiro atoms. The third-order valence-electron chi connectivity index (χ3n) is 1.98. The number of nitriles is 1. The fraction of sp³-hybridized carbons (Fsp3) is 0.385. The Labute approximate surface area is 112 Å². The van der Waals surface area contributed by atoms with Gasteiger partial charge in [0.25, 0.3) is 0 Å². The Morgan fingerprint density at radius 3 is 2.89 bits per heavy atom. The lowest BCUT2D eigenvalue weighted by Crippen LogP contribution is -2.35. The molecule has 0 radical (unpaired) electrons. The molecule has 5 heteroatoms. The highest BCUT2D eigenvalue weighted by Gasteiger charge is 2.11. The Hall–Kier alpha value is -1.51. The van der Waals surface area contributed by atoms with Gasteiger partial charge in [0.15, 0.2) is 0 Å². The number of amides is 1. The van der Waals surface area contributed by atoms with Crippen LogP contribution in [0.1, 0.15) is 19.4 Å². The van der Waals surface area contributed by atoms with Crippen LogP contribution in [0.3, 0.4) is 0 Å². The van der Waals surface area contributed by atoms with E-state index in [2.05, 4.69) is 5.32 Å². The lowest BCUT2D eigenvalue weighted by Gasteiger charge is -2.17. The monoisotopic (exact) mass is 263 g/mol. The highest BCUT2D eigenvalue weighted by Crippen LogP contribution is 2.12. The zero-order valence-corrected chi connectivity index (χ0v) is 11.4. The number of hydrogen-bond acceptors (Lipinski definition) is 4. The van der Waals surface area contributed by atoms with E-state index in [1.807, 2.05) is 19.9 Å². The van der Waals surface area contributed by atoms with Gasteiger partial charge in [0.1, 0.15) is 0 Å². The number of thioether (sulfide) groups is 1. The summed E-state index contributed by atoms with van der Waals surface area (Å²) in [7, 11) is 0. The second-order valence-electron chi connectivity index (χ2n) is 4.72. The minimum Gasteiger partial charge on any atom is -0.325 e. The van der Waals surface area contributed by atoms with Gasteiger partial charge in [-0.3, -0.25) is 4.79 Å². The van der Waals surface area contributed by atoms with Gasteiger partial charge in [-0.1, -0.05) is 6.07 Å². The van der Waals surface area contributed by atoms with Crippen molar-refractivity contribution in [1.29, 1.82) is 5.26 Å². The molecule has 0 aromatic heterocycles. The van der Waals surface area contributed by atoms with Crippen LogP contribution in [0.5, 0.6) is 0 Å². The molecular formula is C13H17N3OS. The third-order valence-corrected chi connectivity index (χ3v) is 3.40. The van der Waals surface area contributed by atoms with Crippen LogP contribution in [-0.2, 0) is 4.79 Å². The molecule has 0 aliphatic rings. The van der Waals surface area contributed by atoms with Crippen molar-refractivity contribution in [3.05, 3.63) is 29.8 Å². The van der Waals surface area contributed by atoms with Crippen LogP contribution in [0.25, 0.3) is 0 Å². The van der Waals surface area contributed by atoms with Crippen LogP contribution >= 0.6 is 11.8 Å². The maximum Gasteiger partial charge on any atom is 0.234 e. The van der Waals surface area contributed by atoms with Crippen molar-refractivity contribution in [1.82, 2.24) is 0 Å². The van der Waals surface area contributed by atoms with E-state index in [1.54, 1.807) is 24.3 Å². The van der Waals surface area contributed by atoms with Crippen molar-refractivity contribution in [3.63, 3.8) is 0 Å². The molecule has 1 aromatic carbocycles. The van der Waals surface area contributed by atoms with Crippen LogP contribution < -0.4 is 11.1 Å². The van der Waals surface area contributed by atoms with Gasteiger partial charge < -0.3 is 11.1 Å². The molecule has 0 aliphatic heterocycles. The van der Waals surface area contributed by atoms with Gasteiger partial charge in [0.05, 0.1) is 17.4 Å². The van der Waals surface area contributed by atoms with Gasteiger partial charge in [-0.05, 0) is 32.0 Å². The summed E-state index contributed by atoms with van der Waals surface area (Å²) in [6.07, 6.45) is 0. The molecule has 0 atom stereocenters. The number of nitrogens with one attached hydrogen (secondary N) is 1. The minimum atomic E-state index is -0.272. The van der Waals surface area contributed by atoms with E-state index in [-0.39, 0.29) is 11.4 Å². The Bertz CT molecular complexity index is 460. The van der Waals surface area contributed by atoms with Crippen LogP contribution in [-0.4, -0.2) is 23.0 Å². The summed E-state index contributed by atoms with van der Waals surface area (Å²) in [4.78, 5) is 11.6. The Balaban J connectivity index is 2.43. The van der Waals surface area contributed by atoms with Crippen molar-refractivity contribution >= 4 is 23.4 Å². The molecule has 1 rings (SSSR count). The van der Waals surface area contributed by atoms with Crippen molar-refractivity contribution in [3.8, 4) is 6.07 Å². The number of nitrogens with two attached hydrogens (primary N) is 1. The number of anilines is 1. The average molecular weight is 263 g/mol. The lowest BCUT2D eigenvalue weighted by molar-refractivity contribution is -0.113. The number of nitrogens with zero attached hydrogens (tertiary/aromatic N) is 1. The zero-order valence-electron chi connectivity index (χ0n) is 10.6. The van der Waals surface area contributed by atoms with Crippen molar-refractivity contribution < 1.29 is 4.79 Å². The molecule has 96 valence electrons. The van der Waals surface area contributed by atoms with Gasteiger partial charge in [0, 0.05) is 17.0 Å². The van der Waals surface area contributed by atoms with Crippen LogP contribution in [0.15, 0.2) is 24.3 Å². The first kappa shape index (κ1) is 14.6. The van der Waals surface area contributed by atoms with E-state index >= 15 is 0 Å². The molecule has 0 unspecified atom stereocenters. The summed E-state index contributed by atoms with van der Waals surface area (Å²) >= 11 is 1.50. The number of rotatable bonds is 5. The van der Waals surface area contributed by atoms with E-state index in [1.165, 1.54) is 11.8 Å². The SMILES string of the molecule is CC(C)(N)CSCC(=O)Nc1cccc(C#N)c1. The standard InChI is InChI=1S/C13H17N3OS/c1-13(2,15)9-18-8-12(17)16-11-5-3-4-10(6-11)7-14/h3-6H,8-9,15H2,1-2H3,(H,16,17). The topological polar surface area (TPSA) is 78.9 Å². The van der Waals surface area contributed by atoms with E-state index in [9.17, 15) is 4.79 Å². The number of hydrogen-bond donors (Lipinski definition) is 2. The largest absolute Gasteiger partial charge is 0.325 e. The molecule has 1 amide bonds. The van der Waals surface area contributed by atoms with Gasteiger partial charge in [0.2, 0.25) is 5.91 Å². The van der Waals surface area contributed by atoms with Crippen molar-refractivity contribution in [2.75, 3.05) is 16.8 Å². The van der Waals surface area contributed by atoms with E-state index < -0.39 is 0 Å². The summed E-state index contributed by atoms with van der Waals surface area (Å²) < 4.78 is 0. The Morgan fingerprint density at radius 2 is 2.28 bits per heavy atom. The summed E-state index contributed by atoms with van der Waals surface area (Å²) in [5.74, 6) is 0.995. The summed E-state index contributed by atoms with van der Waals surface area (Å²) in [5, 5.41) is 11.5. The Kier molecular flexibility index (Phi) is 5.20. The Morgan fingerprint density at radius 1 is 1.56 bits per heavy atom. The molecule has 4 nitrogen and oxygen atoms in total. The van der Waals surface area contributed by atoms with Crippen molar-refractivity contribution in [2.24, 2.45) is 5.73 Å². The first-order valence-electron chi connectivity index (χ1n) is 5.57. The highest BCUT2D eigenvalue weighted by atomic mass is 32.2. The van der Waals surface area contributed by atoms with Gasteiger partial charge in [-0.2, -0.15) is 17.0 Å². The second kappa shape index (κ2) is 6.43. The smallest absolute Gasteiger partial charge is 0.234 e. The summed E-state index contributed by atoms with van der Waals surface area (Å²) in [5.41, 5.74) is 6.73. The molecule has 3 N–H and O–H groups in total. The predicted octanol–water partition coefficient (Wildman–Crippen LogP) is 1.97. The highest BCUT2D eigenvalue weighted by molar-refractivity contribution is 8.00. The molecule has 0 aliphatic carbocycles. The van der Waals surface area contributed by atoms with Crippen LogP contribution in [0.2, 0.25) is 0 Å². The van der Waals surface area contributed by atoms with Crippen molar-refractivity contribution in [2.45, 2.75) is 19.4 Å². The van der Waals surface area contributed by atoms with Gasteiger partial charge >= 0.3 is 0 Å². The van der Waals surface area contributed by atoms with Crippen LogP contribution in [0.4, 0.5) is 5.69 Å². The first-order valence-corrected chi connectivity index (χ1v) is 6.73. The zero-order chi connectivity index (χ0) is 13.6. The van der Waals surface area contributed by atoms with Gasteiger partial charge in [-0.25, -0.2) is 0 Å². The fourth-order valence-electron chi connectivity index (χ4n) is 1.27. The summed E-state index contributed by atoms with van der Waals surface area (Å²) in [6, 6.07) is 8.88. The maximum absolute atomic E-state index is 11.6. The van der Waals surface area contributed by atoms with Crippen LogP contribution in [0, 0.1) is 11.3 Å². The molecule has 0 heterocycles. The molecule has 0 bridgehead atoms. The predicted molar refractivity (Wildman–Crippen MR) is 75.4 cm³/mol. The lowest BCUT2D eigenvalue weighted by atomic mass is 10.1. The van der Waals surface area contributed by atoms with Gasteiger partial charge in [-0.15, -0.1) is 0 Å². The van der Waals surface area contributed by atoms with E-state index in [0.29, 0.717) is 17.0 Å². The van der Waals surface area contributed by atoms with E-state index in [0.717, 1.165) is 5.75 Å². The van der Waals surface area contributed by atoms with E-state index in [4.69, 9.17) is 11.0 Å². The quantitative estimate of drug-likeness (QED) is 0.851. The molecule has 0 saturated carbocycles. The number of carbonyl (C=O) groups excluding carboxylic acids is 1. The average Bonchev–Trinajstić information content (AvgIpc) is 2.27. The maximum atomic E-state index is 11.6. The molecule has 1 aromatic rings. The fourth-order valence-corrected chi connectivity index (χ4v) is 2.16. The first-order chi connectivity index (χ1) is 8.40. The molecule has 0 fully saturated rings. The third kappa shape index (κ3) is 5.71. The molecular weight excluding hydrogens is 246 g/mol. The molecule has 18 heavy (non-hydrogen) atoms. The minimum absolute atomic E-state index is 0.0839. The molecule has 0 saturated heterocycles. The number of benzene rings is 1. The second-order valence-corrected chi connectivity index (χ2v) is 5.71. The number of carbonyl (C=O) groups is 1.